The number of likely N-dealkylation sites (tertiary alicyclic amines) is 1. The van der Waals surface area contributed by atoms with Crippen LogP contribution >= 0.6 is 0 Å². The summed E-state index contributed by atoms with van der Waals surface area (Å²) in [5.74, 6) is 0.207. The van der Waals surface area contributed by atoms with Gasteiger partial charge in [0.2, 0.25) is 5.91 Å². The number of hydrogen-bond acceptors (Lipinski definition) is 3. The van der Waals surface area contributed by atoms with Crippen LogP contribution in [0.4, 0.5) is 0 Å². The third kappa shape index (κ3) is 2.69. The number of amides is 1. The van der Waals surface area contributed by atoms with Crippen LogP contribution in [0.3, 0.4) is 0 Å². The molecule has 0 bridgehead atoms. The van der Waals surface area contributed by atoms with Gasteiger partial charge in [-0.05, 0) is 27.3 Å². The van der Waals surface area contributed by atoms with Crippen LogP contribution in [0.2, 0.25) is 0 Å². The average molecular weight is 200 g/mol. The maximum Gasteiger partial charge on any atom is 0.239 e. The highest BCUT2D eigenvalue weighted by molar-refractivity contribution is 5.83. The standard InChI is InChI=1S/C10H20N2O2/c1-4-14-8(2)7-12-6-5-9(11-3)10(12)13/h8-9,11H,4-7H2,1-3H3. The van der Waals surface area contributed by atoms with Crippen LogP contribution in [0.5, 0.6) is 0 Å². The molecule has 0 aromatic rings. The Hall–Kier alpha value is -0.610. The number of rotatable bonds is 5. The molecule has 0 aromatic carbocycles. The van der Waals surface area contributed by atoms with Crippen molar-refractivity contribution >= 4 is 5.91 Å². The fraction of sp³-hybridized carbons (Fsp3) is 0.900. The number of carbonyl (C=O) groups is 1. The van der Waals surface area contributed by atoms with Gasteiger partial charge in [0.25, 0.3) is 0 Å². The van der Waals surface area contributed by atoms with E-state index >= 15 is 0 Å². The zero-order valence-electron chi connectivity index (χ0n) is 9.25. The summed E-state index contributed by atoms with van der Waals surface area (Å²) in [4.78, 5) is 13.6. The van der Waals surface area contributed by atoms with Crippen LogP contribution in [-0.4, -0.2) is 49.7 Å². The fourth-order valence-corrected chi connectivity index (χ4v) is 1.84. The predicted molar refractivity (Wildman–Crippen MR) is 55.1 cm³/mol. The Morgan fingerprint density at radius 3 is 2.93 bits per heavy atom. The summed E-state index contributed by atoms with van der Waals surface area (Å²) in [6, 6.07) is 0.0174. The van der Waals surface area contributed by atoms with Gasteiger partial charge in [-0.1, -0.05) is 0 Å². The monoisotopic (exact) mass is 200 g/mol. The largest absolute Gasteiger partial charge is 0.377 e. The van der Waals surface area contributed by atoms with E-state index in [9.17, 15) is 4.79 Å². The van der Waals surface area contributed by atoms with Gasteiger partial charge in [-0.2, -0.15) is 0 Å². The van der Waals surface area contributed by atoms with Gasteiger partial charge in [0.05, 0.1) is 12.1 Å². The van der Waals surface area contributed by atoms with E-state index in [1.54, 1.807) is 0 Å². The van der Waals surface area contributed by atoms with E-state index in [2.05, 4.69) is 5.32 Å². The van der Waals surface area contributed by atoms with Crippen LogP contribution in [0.25, 0.3) is 0 Å². The van der Waals surface area contributed by atoms with E-state index in [1.165, 1.54) is 0 Å². The van der Waals surface area contributed by atoms with Gasteiger partial charge in [-0.25, -0.2) is 0 Å². The number of nitrogens with one attached hydrogen (secondary N) is 1. The smallest absolute Gasteiger partial charge is 0.239 e. The van der Waals surface area contributed by atoms with Crippen molar-refractivity contribution in [1.29, 1.82) is 0 Å². The highest BCUT2D eigenvalue weighted by Gasteiger charge is 2.30. The molecule has 1 fully saturated rings. The minimum atomic E-state index is 0.0174. The molecule has 1 rings (SSSR count). The lowest BCUT2D eigenvalue weighted by Crippen LogP contribution is -2.39. The van der Waals surface area contributed by atoms with Crippen LogP contribution in [0.1, 0.15) is 20.3 Å². The zero-order chi connectivity index (χ0) is 10.6. The highest BCUT2D eigenvalue weighted by atomic mass is 16.5. The lowest BCUT2D eigenvalue weighted by molar-refractivity contribution is -0.130. The van der Waals surface area contributed by atoms with Gasteiger partial charge in [-0.3, -0.25) is 4.79 Å². The molecule has 82 valence electrons. The van der Waals surface area contributed by atoms with E-state index in [-0.39, 0.29) is 18.1 Å². The lowest BCUT2D eigenvalue weighted by Gasteiger charge is -2.21. The molecule has 1 aliphatic rings. The average Bonchev–Trinajstić information content (AvgIpc) is 2.48. The summed E-state index contributed by atoms with van der Waals surface area (Å²) in [5, 5.41) is 3.02. The quantitative estimate of drug-likeness (QED) is 0.691. The van der Waals surface area contributed by atoms with Gasteiger partial charge in [0.15, 0.2) is 0 Å². The zero-order valence-corrected chi connectivity index (χ0v) is 9.25. The van der Waals surface area contributed by atoms with E-state index in [0.717, 1.165) is 13.0 Å². The molecule has 1 heterocycles. The van der Waals surface area contributed by atoms with E-state index < -0.39 is 0 Å². The van der Waals surface area contributed by atoms with Crippen molar-refractivity contribution < 1.29 is 9.53 Å². The third-order valence-electron chi connectivity index (χ3n) is 2.57. The van der Waals surface area contributed by atoms with Crippen molar-refractivity contribution in [3.05, 3.63) is 0 Å². The number of likely N-dealkylation sites (N-methyl/N-ethyl adjacent to an activating group) is 1. The Labute approximate surface area is 85.6 Å². The topological polar surface area (TPSA) is 41.6 Å². The van der Waals surface area contributed by atoms with Crippen LogP contribution in [0.15, 0.2) is 0 Å². The Morgan fingerprint density at radius 1 is 1.71 bits per heavy atom. The van der Waals surface area contributed by atoms with Crippen molar-refractivity contribution in [3.63, 3.8) is 0 Å². The van der Waals surface area contributed by atoms with Crippen molar-refractivity contribution in [2.24, 2.45) is 0 Å². The molecule has 2 unspecified atom stereocenters. The van der Waals surface area contributed by atoms with Gasteiger partial charge in [-0.15, -0.1) is 0 Å². The normalized spacial score (nSPS) is 24.4. The molecule has 1 saturated heterocycles. The molecule has 1 amide bonds. The van der Waals surface area contributed by atoms with Crippen LogP contribution < -0.4 is 5.32 Å². The van der Waals surface area contributed by atoms with Crippen LogP contribution in [0, 0.1) is 0 Å². The Kier molecular flexibility index (Phi) is 4.35. The van der Waals surface area contributed by atoms with Crippen molar-refractivity contribution in [1.82, 2.24) is 10.2 Å². The summed E-state index contributed by atoms with van der Waals surface area (Å²) in [6.45, 7) is 6.24. The molecule has 4 nitrogen and oxygen atoms in total. The third-order valence-corrected chi connectivity index (χ3v) is 2.57. The van der Waals surface area contributed by atoms with Gasteiger partial charge in [0.1, 0.15) is 0 Å². The molecule has 1 aliphatic heterocycles. The maximum absolute atomic E-state index is 11.7. The first-order valence-corrected chi connectivity index (χ1v) is 5.26. The molecule has 1 N–H and O–H groups in total. The molecule has 14 heavy (non-hydrogen) atoms. The minimum absolute atomic E-state index is 0.0174. The molecule has 0 aliphatic carbocycles. The summed E-state index contributed by atoms with van der Waals surface area (Å²) in [5.41, 5.74) is 0. The van der Waals surface area contributed by atoms with Crippen LogP contribution in [-0.2, 0) is 9.53 Å². The molecule has 0 spiro atoms. The number of hydrogen-bond donors (Lipinski definition) is 1. The number of carbonyl (C=O) groups excluding carboxylic acids is 1. The highest BCUT2D eigenvalue weighted by Crippen LogP contribution is 2.11. The molecule has 4 heteroatoms. The first kappa shape index (κ1) is 11.5. The van der Waals surface area contributed by atoms with Gasteiger partial charge < -0.3 is 15.0 Å². The Balaban J connectivity index is 2.36. The summed E-state index contributed by atoms with van der Waals surface area (Å²) in [7, 11) is 1.83. The summed E-state index contributed by atoms with van der Waals surface area (Å²) in [6.07, 6.45) is 1.05. The molecule has 0 aromatic heterocycles. The second kappa shape index (κ2) is 5.32. The molecular formula is C10H20N2O2. The molecular weight excluding hydrogens is 180 g/mol. The summed E-state index contributed by atoms with van der Waals surface area (Å²) < 4.78 is 5.41. The van der Waals surface area contributed by atoms with E-state index in [0.29, 0.717) is 13.2 Å². The second-order valence-corrected chi connectivity index (χ2v) is 3.68. The number of ether oxygens (including phenoxy) is 1. The van der Waals surface area contributed by atoms with E-state index in [1.807, 2.05) is 25.8 Å². The Bertz CT molecular complexity index is 197. The summed E-state index contributed by atoms with van der Waals surface area (Å²) >= 11 is 0. The van der Waals surface area contributed by atoms with Crippen molar-refractivity contribution in [2.45, 2.75) is 32.4 Å². The van der Waals surface area contributed by atoms with Crippen molar-refractivity contribution in [3.8, 4) is 0 Å². The molecule has 0 saturated carbocycles. The predicted octanol–water partition coefficient (Wildman–Crippen LogP) is 0.232. The minimum Gasteiger partial charge on any atom is -0.377 e. The first-order valence-electron chi connectivity index (χ1n) is 5.26. The van der Waals surface area contributed by atoms with Gasteiger partial charge in [0, 0.05) is 19.7 Å². The second-order valence-electron chi connectivity index (χ2n) is 3.68. The van der Waals surface area contributed by atoms with Gasteiger partial charge >= 0.3 is 0 Å². The lowest BCUT2D eigenvalue weighted by atomic mass is 10.2. The van der Waals surface area contributed by atoms with Crippen molar-refractivity contribution in [2.75, 3.05) is 26.7 Å². The fourth-order valence-electron chi connectivity index (χ4n) is 1.84. The first-order chi connectivity index (χ1) is 6.69. The SMILES string of the molecule is CCOC(C)CN1CCC(NC)C1=O. The molecule has 0 radical (unpaired) electrons. The Morgan fingerprint density at radius 2 is 2.43 bits per heavy atom. The maximum atomic E-state index is 11.7. The molecule has 2 atom stereocenters. The number of nitrogens with zero attached hydrogens (tertiary/aromatic N) is 1. The van der Waals surface area contributed by atoms with E-state index in [4.69, 9.17) is 4.74 Å².